The van der Waals surface area contributed by atoms with Gasteiger partial charge in [-0.2, -0.15) is 0 Å². The number of benzene rings is 1. The quantitative estimate of drug-likeness (QED) is 0.492. The molecule has 0 saturated heterocycles. The van der Waals surface area contributed by atoms with Crippen molar-refractivity contribution in [3.8, 4) is 0 Å². The molecule has 0 radical (unpaired) electrons. The van der Waals surface area contributed by atoms with Crippen LogP contribution in [0.4, 0.5) is 4.39 Å². The molecule has 0 saturated carbocycles. The monoisotopic (exact) mass is 247 g/mol. The van der Waals surface area contributed by atoms with E-state index in [0.29, 0.717) is 12.3 Å². The number of hydrogen-bond donors (Lipinski definition) is 1. The van der Waals surface area contributed by atoms with Crippen molar-refractivity contribution in [2.45, 2.75) is 10.5 Å². The molecule has 0 aliphatic rings. The average Bonchev–Trinajstić information content (AvgIpc) is 2.25. The molecule has 82 valence electrons. The standard InChI is InChI=1S/C10H11ClFNOS/c11-9(12)10(14)13-6-7-15-8-4-2-1-3-5-8/h1-5,9H,6-7H2,(H,13,14). The number of carbonyl (C=O) groups excluding carboxylic acids is 1. The Morgan fingerprint density at radius 3 is 2.73 bits per heavy atom. The molecule has 15 heavy (non-hydrogen) atoms. The Morgan fingerprint density at radius 2 is 2.13 bits per heavy atom. The van der Waals surface area contributed by atoms with Gasteiger partial charge in [0.1, 0.15) is 0 Å². The van der Waals surface area contributed by atoms with Gasteiger partial charge >= 0.3 is 0 Å². The fourth-order valence-electron chi connectivity index (χ4n) is 0.937. The van der Waals surface area contributed by atoms with Crippen molar-refractivity contribution in [3.63, 3.8) is 0 Å². The fourth-order valence-corrected chi connectivity index (χ4v) is 1.80. The van der Waals surface area contributed by atoms with E-state index in [2.05, 4.69) is 5.32 Å². The second-order valence-electron chi connectivity index (χ2n) is 2.75. The molecule has 1 N–H and O–H groups in total. The van der Waals surface area contributed by atoms with Gasteiger partial charge in [0.2, 0.25) is 0 Å². The number of nitrogens with one attached hydrogen (secondary N) is 1. The number of alkyl halides is 2. The van der Waals surface area contributed by atoms with Crippen molar-refractivity contribution in [1.82, 2.24) is 5.32 Å². The fraction of sp³-hybridized carbons (Fsp3) is 0.300. The third kappa shape index (κ3) is 5.04. The van der Waals surface area contributed by atoms with E-state index in [1.807, 2.05) is 30.3 Å². The van der Waals surface area contributed by atoms with Crippen molar-refractivity contribution in [3.05, 3.63) is 30.3 Å². The van der Waals surface area contributed by atoms with E-state index in [0.717, 1.165) is 4.90 Å². The van der Waals surface area contributed by atoms with E-state index < -0.39 is 11.5 Å². The highest BCUT2D eigenvalue weighted by atomic mass is 35.5. The summed E-state index contributed by atoms with van der Waals surface area (Å²) < 4.78 is 12.2. The summed E-state index contributed by atoms with van der Waals surface area (Å²) in [5, 5.41) is 2.39. The minimum absolute atomic E-state index is 0.408. The first-order chi connectivity index (χ1) is 7.20. The van der Waals surface area contributed by atoms with Gasteiger partial charge in [0, 0.05) is 17.2 Å². The number of carbonyl (C=O) groups is 1. The molecule has 1 unspecified atom stereocenters. The first-order valence-corrected chi connectivity index (χ1v) is 5.86. The minimum atomic E-state index is -1.95. The van der Waals surface area contributed by atoms with E-state index in [9.17, 15) is 9.18 Å². The molecule has 1 rings (SSSR count). The Bertz CT molecular complexity index is 308. The third-order valence-corrected chi connectivity index (χ3v) is 2.82. The molecule has 0 aliphatic carbocycles. The summed E-state index contributed by atoms with van der Waals surface area (Å²) in [6.07, 6.45) is 0. The van der Waals surface area contributed by atoms with Gasteiger partial charge in [0.15, 0.2) is 0 Å². The molecule has 0 heterocycles. The maximum absolute atomic E-state index is 12.2. The van der Waals surface area contributed by atoms with E-state index in [1.165, 1.54) is 0 Å². The number of hydrogen-bond acceptors (Lipinski definition) is 2. The average molecular weight is 248 g/mol. The van der Waals surface area contributed by atoms with Crippen LogP contribution >= 0.6 is 23.4 Å². The van der Waals surface area contributed by atoms with Gasteiger partial charge < -0.3 is 5.32 Å². The number of thioether (sulfide) groups is 1. The molecule has 0 bridgehead atoms. The molecule has 2 nitrogen and oxygen atoms in total. The first kappa shape index (κ1) is 12.3. The van der Waals surface area contributed by atoms with Gasteiger partial charge in [0.25, 0.3) is 11.5 Å². The topological polar surface area (TPSA) is 29.1 Å². The highest BCUT2D eigenvalue weighted by Gasteiger charge is 2.11. The number of halogens is 2. The SMILES string of the molecule is O=C(NCCSc1ccccc1)C(F)Cl. The van der Waals surface area contributed by atoms with E-state index in [4.69, 9.17) is 11.6 Å². The Labute approximate surface area is 97.2 Å². The predicted octanol–water partition coefficient (Wildman–Crippen LogP) is 2.43. The molecule has 5 heteroatoms. The van der Waals surface area contributed by atoms with Crippen molar-refractivity contribution < 1.29 is 9.18 Å². The second kappa shape index (κ2) is 6.69. The summed E-state index contributed by atoms with van der Waals surface area (Å²) in [5.41, 5.74) is -1.95. The first-order valence-electron chi connectivity index (χ1n) is 4.44. The minimum Gasteiger partial charge on any atom is -0.352 e. The molecule has 1 amide bonds. The lowest BCUT2D eigenvalue weighted by Crippen LogP contribution is -2.30. The number of rotatable bonds is 5. The van der Waals surface area contributed by atoms with Crippen LogP contribution in [0.1, 0.15) is 0 Å². The Morgan fingerprint density at radius 1 is 1.47 bits per heavy atom. The smallest absolute Gasteiger partial charge is 0.270 e. The molecular formula is C10H11ClFNOS. The highest BCUT2D eigenvalue weighted by molar-refractivity contribution is 7.99. The van der Waals surface area contributed by atoms with Gasteiger partial charge in [-0.25, -0.2) is 4.39 Å². The Hall–Kier alpha value is -0.740. The van der Waals surface area contributed by atoms with Gasteiger partial charge in [-0.05, 0) is 12.1 Å². The maximum Gasteiger partial charge on any atom is 0.270 e. The van der Waals surface area contributed by atoms with Crippen molar-refractivity contribution in [2.24, 2.45) is 0 Å². The maximum atomic E-state index is 12.2. The normalized spacial score (nSPS) is 12.1. The molecule has 1 atom stereocenters. The van der Waals surface area contributed by atoms with E-state index in [1.54, 1.807) is 11.8 Å². The summed E-state index contributed by atoms with van der Waals surface area (Å²) in [7, 11) is 0. The summed E-state index contributed by atoms with van der Waals surface area (Å²) in [4.78, 5) is 11.8. The third-order valence-electron chi connectivity index (χ3n) is 1.61. The van der Waals surface area contributed by atoms with Crippen LogP contribution in [0.5, 0.6) is 0 Å². The lowest BCUT2D eigenvalue weighted by atomic mass is 10.4. The van der Waals surface area contributed by atoms with E-state index >= 15 is 0 Å². The lowest BCUT2D eigenvalue weighted by molar-refractivity contribution is -0.123. The molecule has 0 spiro atoms. The van der Waals surface area contributed by atoms with Crippen LogP contribution in [0.25, 0.3) is 0 Å². The zero-order valence-electron chi connectivity index (χ0n) is 7.95. The summed E-state index contributed by atoms with van der Waals surface area (Å²) in [5.74, 6) is -0.0790. The molecule has 1 aromatic carbocycles. The highest BCUT2D eigenvalue weighted by Crippen LogP contribution is 2.15. The van der Waals surface area contributed by atoms with Crippen molar-refractivity contribution in [1.29, 1.82) is 0 Å². The van der Waals surface area contributed by atoms with Crippen molar-refractivity contribution >= 4 is 29.3 Å². The zero-order chi connectivity index (χ0) is 11.1. The second-order valence-corrected chi connectivity index (χ2v) is 4.30. The van der Waals surface area contributed by atoms with Crippen LogP contribution < -0.4 is 5.32 Å². The van der Waals surface area contributed by atoms with Gasteiger partial charge in [-0.3, -0.25) is 4.79 Å². The predicted molar refractivity (Wildman–Crippen MR) is 60.9 cm³/mol. The molecule has 1 aromatic rings. The Kier molecular flexibility index (Phi) is 5.50. The Balaban J connectivity index is 2.15. The summed E-state index contributed by atoms with van der Waals surface area (Å²) >= 11 is 6.53. The van der Waals surface area contributed by atoms with Crippen LogP contribution in [0.15, 0.2) is 35.2 Å². The zero-order valence-corrected chi connectivity index (χ0v) is 9.52. The van der Waals surface area contributed by atoms with Crippen molar-refractivity contribution in [2.75, 3.05) is 12.3 Å². The van der Waals surface area contributed by atoms with Gasteiger partial charge in [-0.1, -0.05) is 29.8 Å². The van der Waals surface area contributed by atoms with Crippen LogP contribution in [-0.4, -0.2) is 23.8 Å². The van der Waals surface area contributed by atoms with Crippen LogP contribution in [0.3, 0.4) is 0 Å². The van der Waals surface area contributed by atoms with E-state index in [-0.39, 0.29) is 0 Å². The molecular weight excluding hydrogens is 237 g/mol. The van der Waals surface area contributed by atoms with Crippen LogP contribution in [0.2, 0.25) is 0 Å². The summed E-state index contributed by atoms with van der Waals surface area (Å²) in [6.45, 7) is 0.408. The van der Waals surface area contributed by atoms with Gasteiger partial charge in [-0.15, -0.1) is 11.8 Å². The molecule has 0 aromatic heterocycles. The molecule has 0 aliphatic heterocycles. The summed E-state index contributed by atoms with van der Waals surface area (Å²) in [6, 6.07) is 9.78. The van der Waals surface area contributed by atoms with Crippen LogP contribution in [0, 0.1) is 0 Å². The molecule has 0 fully saturated rings. The number of amides is 1. The lowest BCUT2D eigenvalue weighted by Gasteiger charge is -2.04. The largest absolute Gasteiger partial charge is 0.352 e. The van der Waals surface area contributed by atoms with Gasteiger partial charge in [0.05, 0.1) is 0 Å². The van der Waals surface area contributed by atoms with Crippen LogP contribution in [-0.2, 0) is 4.79 Å².